The number of benzene rings is 2. The summed E-state index contributed by atoms with van der Waals surface area (Å²) in [6, 6.07) is 14.3. The number of nitrogens with zero attached hydrogens (tertiary/aromatic N) is 2. The molecule has 0 atom stereocenters. The number of carbonyl (C=O) groups is 1. The summed E-state index contributed by atoms with van der Waals surface area (Å²) < 4.78 is 27.3. The van der Waals surface area contributed by atoms with Crippen LogP contribution < -0.4 is 10.0 Å². The van der Waals surface area contributed by atoms with Crippen molar-refractivity contribution in [1.82, 2.24) is 14.9 Å². The number of fused-ring (bicyclic) bond motifs is 1. The highest BCUT2D eigenvalue weighted by molar-refractivity contribution is 7.92. The van der Waals surface area contributed by atoms with Gasteiger partial charge in [0.1, 0.15) is 5.82 Å². The van der Waals surface area contributed by atoms with Crippen molar-refractivity contribution < 1.29 is 13.2 Å². The van der Waals surface area contributed by atoms with Gasteiger partial charge in [-0.1, -0.05) is 24.3 Å². The van der Waals surface area contributed by atoms with Gasteiger partial charge in [0, 0.05) is 13.1 Å². The molecule has 0 radical (unpaired) electrons. The number of hydrogen-bond donors (Lipinski definition) is 2. The molecule has 1 amide bonds. The van der Waals surface area contributed by atoms with Crippen LogP contribution in [0.25, 0.3) is 11.0 Å². The van der Waals surface area contributed by atoms with E-state index in [1.54, 1.807) is 24.3 Å². The monoisotopic (exact) mass is 372 g/mol. The molecular weight excluding hydrogens is 352 g/mol. The number of amides is 1. The molecule has 136 valence electrons. The van der Waals surface area contributed by atoms with E-state index in [-0.39, 0.29) is 17.2 Å². The number of para-hydroxylation sites is 3. The molecule has 0 aliphatic heterocycles. The van der Waals surface area contributed by atoms with E-state index in [2.05, 4.69) is 15.0 Å². The highest BCUT2D eigenvalue weighted by Gasteiger charge is 2.14. The molecule has 0 unspecified atom stereocenters. The van der Waals surface area contributed by atoms with Crippen LogP contribution >= 0.6 is 0 Å². The molecule has 26 heavy (non-hydrogen) atoms. The Hall–Kier alpha value is -2.87. The quantitative estimate of drug-likeness (QED) is 0.693. The molecule has 1 aromatic heterocycles. The first-order chi connectivity index (χ1) is 12.3. The number of aromatic nitrogens is 2. The molecule has 8 heteroatoms. The van der Waals surface area contributed by atoms with Crippen molar-refractivity contribution in [3.63, 3.8) is 0 Å². The highest BCUT2D eigenvalue weighted by atomic mass is 32.2. The van der Waals surface area contributed by atoms with Crippen molar-refractivity contribution in [2.45, 2.75) is 13.5 Å². The van der Waals surface area contributed by atoms with E-state index in [1.165, 1.54) is 0 Å². The number of rotatable bonds is 6. The van der Waals surface area contributed by atoms with E-state index in [4.69, 9.17) is 0 Å². The first-order valence-electron chi connectivity index (χ1n) is 8.12. The van der Waals surface area contributed by atoms with Crippen LogP contribution in [-0.2, 0) is 16.6 Å². The SMILES string of the molecule is Cc1nc2ccccc2n1CCNC(=O)c1ccccc1NS(C)(=O)=O. The van der Waals surface area contributed by atoms with Gasteiger partial charge in [0.15, 0.2) is 0 Å². The standard InChI is InChI=1S/C18H20N4O3S/c1-13-20-16-9-5-6-10-17(16)22(13)12-11-19-18(23)14-7-3-4-8-15(14)21-26(2,24)25/h3-10,21H,11-12H2,1-2H3,(H,19,23). The molecule has 3 rings (SSSR count). The van der Waals surface area contributed by atoms with Gasteiger partial charge in [-0.2, -0.15) is 0 Å². The zero-order valence-electron chi connectivity index (χ0n) is 14.6. The lowest BCUT2D eigenvalue weighted by Gasteiger charge is -2.12. The number of aryl methyl sites for hydroxylation is 1. The van der Waals surface area contributed by atoms with Crippen molar-refractivity contribution in [1.29, 1.82) is 0 Å². The van der Waals surface area contributed by atoms with E-state index in [0.29, 0.717) is 13.1 Å². The van der Waals surface area contributed by atoms with Crippen LogP contribution in [0.5, 0.6) is 0 Å². The van der Waals surface area contributed by atoms with Crippen LogP contribution in [0, 0.1) is 6.92 Å². The molecule has 0 bridgehead atoms. The minimum absolute atomic E-state index is 0.261. The summed E-state index contributed by atoms with van der Waals surface area (Å²) in [5.41, 5.74) is 2.47. The van der Waals surface area contributed by atoms with Crippen molar-refractivity contribution in [3.05, 3.63) is 59.9 Å². The first kappa shape index (κ1) is 17.9. The molecule has 0 saturated heterocycles. The van der Waals surface area contributed by atoms with Crippen LogP contribution in [0.2, 0.25) is 0 Å². The molecule has 1 heterocycles. The number of carbonyl (C=O) groups excluding carboxylic acids is 1. The zero-order valence-corrected chi connectivity index (χ0v) is 15.4. The predicted octanol–water partition coefficient (Wildman–Crippen LogP) is 2.15. The third kappa shape index (κ3) is 4.02. The second-order valence-electron chi connectivity index (χ2n) is 5.98. The molecular formula is C18H20N4O3S. The molecule has 0 spiro atoms. The largest absolute Gasteiger partial charge is 0.350 e. The Bertz CT molecular complexity index is 1060. The Morgan fingerprint density at radius 1 is 1.12 bits per heavy atom. The summed E-state index contributed by atoms with van der Waals surface area (Å²) in [6.07, 6.45) is 1.05. The number of anilines is 1. The Morgan fingerprint density at radius 3 is 2.58 bits per heavy atom. The number of sulfonamides is 1. The summed E-state index contributed by atoms with van der Waals surface area (Å²) in [7, 11) is -3.46. The summed E-state index contributed by atoms with van der Waals surface area (Å²) in [4.78, 5) is 17.0. The van der Waals surface area contributed by atoms with Crippen molar-refractivity contribution in [2.75, 3.05) is 17.5 Å². The fourth-order valence-electron chi connectivity index (χ4n) is 2.82. The zero-order chi connectivity index (χ0) is 18.7. The van der Waals surface area contributed by atoms with E-state index in [9.17, 15) is 13.2 Å². The lowest BCUT2D eigenvalue weighted by Crippen LogP contribution is -2.28. The minimum Gasteiger partial charge on any atom is -0.350 e. The van der Waals surface area contributed by atoms with Gasteiger partial charge in [-0.05, 0) is 31.2 Å². The molecule has 0 aliphatic carbocycles. The van der Waals surface area contributed by atoms with Crippen LogP contribution in [-0.4, -0.2) is 36.7 Å². The summed E-state index contributed by atoms with van der Waals surface area (Å²) in [6.45, 7) is 2.89. The normalized spacial score (nSPS) is 11.5. The second kappa shape index (κ2) is 7.17. The Balaban J connectivity index is 1.71. The smallest absolute Gasteiger partial charge is 0.253 e. The maximum Gasteiger partial charge on any atom is 0.253 e. The van der Waals surface area contributed by atoms with E-state index in [1.807, 2.05) is 35.8 Å². The Labute approximate surface area is 152 Å². The van der Waals surface area contributed by atoms with Crippen molar-refractivity contribution >= 4 is 32.7 Å². The van der Waals surface area contributed by atoms with Crippen molar-refractivity contribution in [3.8, 4) is 0 Å². The fourth-order valence-corrected chi connectivity index (χ4v) is 3.40. The van der Waals surface area contributed by atoms with Crippen LogP contribution in [0.3, 0.4) is 0 Å². The van der Waals surface area contributed by atoms with Gasteiger partial charge >= 0.3 is 0 Å². The maximum atomic E-state index is 12.5. The number of hydrogen-bond acceptors (Lipinski definition) is 4. The van der Waals surface area contributed by atoms with E-state index in [0.717, 1.165) is 23.1 Å². The summed E-state index contributed by atoms with van der Waals surface area (Å²) in [5.74, 6) is 0.540. The molecule has 0 fully saturated rings. The number of nitrogens with one attached hydrogen (secondary N) is 2. The van der Waals surface area contributed by atoms with E-state index < -0.39 is 10.0 Å². The van der Waals surface area contributed by atoms with Crippen molar-refractivity contribution in [2.24, 2.45) is 0 Å². The highest BCUT2D eigenvalue weighted by Crippen LogP contribution is 2.17. The number of imidazole rings is 1. The van der Waals surface area contributed by atoms with Gasteiger partial charge in [-0.3, -0.25) is 9.52 Å². The third-order valence-electron chi connectivity index (χ3n) is 3.93. The minimum atomic E-state index is -3.46. The maximum absolute atomic E-state index is 12.5. The topological polar surface area (TPSA) is 93.1 Å². The molecule has 2 N–H and O–H groups in total. The first-order valence-corrected chi connectivity index (χ1v) is 10.0. The molecule has 3 aromatic rings. The van der Waals surface area contributed by atoms with Gasteiger partial charge in [-0.15, -0.1) is 0 Å². The lowest BCUT2D eigenvalue weighted by molar-refractivity contribution is 0.0953. The lowest BCUT2D eigenvalue weighted by atomic mass is 10.1. The molecule has 7 nitrogen and oxygen atoms in total. The molecule has 2 aromatic carbocycles. The van der Waals surface area contributed by atoms with Crippen LogP contribution in [0.1, 0.15) is 16.2 Å². The Morgan fingerprint density at radius 2 is 1.81 bits per heavy atom. The average Bonchev–Trinajstić information content (AvgIpc) is 2.89. The van der Waals surface area contributed by atoms with Gasteiger partial charge in [0.05, 0.1) is 28.5 Å². The second-order valence-corrected chi connectivity index (χ2v) is 7.72. The van der Waals surface area contributed by atoms with Gasteiger partial charge < -0.3 is 9.88 Å². The van der Waals surface area contributed by atoms with Crippen LogP contribution in [0.4, 0.5) is 5.69 Å². The van der Waals surface area contributed by atoms with Crippen LogP contribution in [0.15, 0.2) is 48.5 Å². The summed E-state index contributed by atoms with van der Waals surface area (Å²) in [5, 5.41) is 2.83. The third-order valence-corrected chi connectivity index (χ3v) is 4.52. The average molecular weight is 372 g/mol. The Kier molecular flexibility index (Phi) is 4.94. The molecule has 0 aliphatic rings. The molecule has 0 saturated carbocycles. The van der Waals surface area contributed by atoms with E-state index >= 15 is 0 Å². The van der Waals surface area contributed by atoms with Gasteiger partial charge in [0.2, 0.25) is 10.0 Å². The predicted molar refractivity (Wildman–Crippen MR) is 102 cm³/mol. The van der Waals surface area contributed by atoms with Gasteiger partial charge in [-0.25, -0.2) is 13.4 Å². The summed E-state index contributed by atoms with van der Waals surface area (Å²) >= 11 is 0. The fraction of sp³-hybridized carbons (Fsp3) is 0.222. The van der Waals surface area contributed by atoms with Gasteiger partial charge in [0.25, 0.3) is 5.91 Å².